The third-order valence-corrected chi connectivity index (χ3v) is 5.94. The summed E-state index contributed by atoms with van der Waals surface area (Å²) < 4.78 is 29.4. The Morgan fingerprint density at radius 2 is 1.75 bits per heavy atom. The van der Waals surface area contributed by atoms with Gasteiger partial charge in [0.05, 0.1) is 16.6 Å². The summed E-state index contributed by atoms with van der Waals surface area (Å²) in [5.41, 5.74) is 5.45. The molecule has 4 heterocycles. The van der Waals surface area contributed by atoms with Gasteiger partial charge in [0.1, 0.15) is 22.8 Å². The number of pyridine rings is 2. The first-order chi connectivity index (χ1) is 17.5. The van der Waals surface area contributed by atoms with Crippen LogP contribution in [-0.4, -0.2) is 36.2 Å². The number of nitrogens with one attached hydrogen (secondary N) is 3. The Morgan fingerprint density at radius 3 is 2.56 bits per heavy atom. The molecule has 0 bridgehead atoms. The van der Waals surface area contributed by atoms with E-state index < -0.39 is 5.82 Å². The van der Waals surface area contributed by atoms with Gasteiger partial charge in [0.25, 0.3) is 0 Å². The van der Waals surface area contributed by atoms with Crippen molar-refractivity contribution in [2.45, 2.75) is 19.9 Å². The lowest BCUT2D eigenvalue weighted by Gasteiger charge is -2.11. The minimum absolute atomic E-state index is 0.219. The highest BCUT2D eigenvalue weighted by Gasteiger charge is 2.21. The first-order valence-corrected chi connectivity index (χ1v) is 11.5. The van der Waals surface area contributed by atoms with Crippen LogP contribution in [0.15, 0.2) is 67.1 Å². The van der Waals surface area contributed by atoms with Gasteiger partial charge in [-0.1, -0.05) is 12.1 Å². The van der Waals surface area contributed by atoms with Crippen LogP contribution in [0.5, 0.6) is 0 Å². The van der Waals surface area contributed by atoms with Crippen molar-refractivity contribution in [1.29, 1.82) is 0 Å². The number of fused-ring (bicyclic) bond motifs is 2. The largest absolute Gasteiger partial charge is 0.382 e. The number of anilines is 1. The van der Waals surface area contributed by atoms with Crippen LogP contribution in [-0.2, 0) is 0 Å². The SMILES string of the molecule is CC(C)Nc1cncc(-c2ccc3[nH]nc(-c4nc5c(-c6ccc(F)cc6)ccnc5[nH]4)c3c2F)c1. The third kappa shape index (κ3) is 3.74. The molecule has 0 radical (unpaired) electrons. The summed E-state index contributed by atoms with van der Waals surface area (Å²) in [4.78, 5) is 16.5. The molecule has 7 nitrogen and oxygen atoms in total. The number of H-pyrrole nitrogens is 2. The average Bonchev–Trinajstić information content (AvgIpc) is 3.49. The summed E-state index contributed by atoms with van der Waals surface area (Å²) in [7, 11) is 0. The highest BCUT2D eigenvalue weighted by molar-refractivity contribution is 5.98. The van der Waals surface area contributed by atoms with E-state index in [0.717, 1.165) is 16.8 Å². The van der Waals surface area contributed by atoms with E-state index >= 15 is 4.39 Å². The lowest BCUT2D eigenvalue weighted by Crippen LogP contribution is -2.09. The molecule has 3 N–H and O–H groups in total. The van der Waals surface area contributed by atoms with Crippen molar-refractivity contribution in [2.24, 2.45) is 0 Å². The van der Waals surface area contributed by atoms with Crippen LogP contribution in [0.1, 0.15) is 13.8 Å². The number of imidazole rings is 1. The van der Waals surface area contributed by atoms with Crippen molar-refractivity contribution >= 4 is 27.8 Å². The Kier molecular flexibility index (Phi) is 5.18. The van der Waals surface area contributed by atoms with Crippen LogP contribution in [0.2, 0.25) is 0 Å². The molecular formula is C27H21F2N7. The molecule has 0 spiro atoms. The summed E-state index contributed by atoms with van der Waals surface area (Å²) in [5.74, 6) is -0.364. The van der Waals surface area contributed by atoms with E-state index in [1.165, 1.54) is 12.1 Å². The number of rotatable bonds is 5. The summed E-state index contributed by atoms with van der Waals surface area (Å²) >= 11 is 0. The van der Waals surface area contributed by atoms with E-state index in [4.69, 9.17) is 4.98 Å². The van der Waals surface area contributed by atoms with Gasteiger partial charge in [0.2, 0.25) is 0 Å². The Balaban J connectivity index is 1.48. The normalized spacial score (nSPS) is 11.6. The maximum absolute atomic E-state index is 16.0. The van der Waals surface area contributed by atoms with E-state index in [-0.39, 0.29) is 11.9 Å². The number of nitrogens with zero attached hydrogens (tertiary/aromatic N) is 4. The number of hydrogen-bond donors (Lipinski definition) is 3. The van der Waals surface area contributed by atoms with Gasteiger partial charge in [-0.2, -0.15) is 5.10 Å². The van der Waals surface area contributed by atoms with Crippen molar-refractivity contribution in [2.75, 3.05) is 5.32 Å². The van der Waals surface area contributed by atoms with Crippen molar-refractivity contribution in [1.82, 2.24) is 30.1 Å². The van der Waals surface area contributed by atoms with Crippen molar-refractivity contribution in [3.05, 3.63) is 78.8 Å². The van der Waals surface area contributed by atoms with Gasteiger partial charge in [-0.15, -0.1) is 0 Å². The lowest BCUT2D eigenvalue weighted by atomic mass is 10.0. The molecular weight excluding hydrogens is 460 g/mol. The molecule has 9 heteroatoms. The minimum atomic E-state index is -0.424. The van der Waals surface area contributed by atoms with Gasteiger partial charge in [-0.3, -0.25) is 10.1 Å². The number of halogens is 2. The molecule has 2 aromatic carbocycles. The molecule has 4 aromatic heterocycles. The predicted molar refractivity (Wildman–Crippen MR) is 136 cm³/mol. The van der Waals surface area contributed by atoms with E-state index in [9.17, 15) is 4.39 Å². The molecule has 0 fully saturated rings. The Morgan fingerprint density at radius 1 is 0.917 bits per heavy atom. The van der Waals surface area contributed by atoms with Crippen LogP contribution < -0.4 is 5.32 Å². The van der Waals surface area contributed by atoms with Crippen LogP contribution in [0.4, 0.5) is 14.5 Å². The van der Waals surface area contributed by atoms with Gasteiger partial charge in [-0.05, 0) is 55.8 Å². The second-order valence-corrected chi connectivity index (χ2v) is 8.83. The molecule has 0 saturated carbocycles. The second kappa shape index (κ2) is 8.53. The topological polar surface area (TPSA) is 95.2 Å². The Labute approximate surface area is 204 Å². The molecule has 0 atom stereocenters. The molecule has 0 unspecified atom stereocenters. The summed E-state index contributed by atoms with van der Waals surface area (Å²) in [5, 5.41) is 10.9. The summed E-state index contributed by atoms with van der Waals surface area (Å²) in [6.07, 6.45) is 4.99. The van der Waals surface area contributed by atoms with Gasteiger partial charge >= 0.3 is 0 Å². The molecule has 0 aliphatic rings. The molecule has 0 aliphatic heterocycles. The highest BCUT2D eigenvalue weighted by Crippen LogP contribution is 2.35. The number of aromatic amines is 2. The number of aromatic nitrogens is 6. The van der Waals surface area contributed by atoms with Gasteiger partial charge in [-0.25, -0.2) is 18.7 Å². The third-order valence-electron chi connectivity index (χ3n) is 5.94. The standard InChI is InChI=1S/C27H21F2N7/c1-14(2)32-18-11-16(12-30-13-18)19-7-8-21-22(23(19)29)25(36-35-21)27-33-24-20(9-10-31-26(24)34-27)15-3-5-17(28)6-4-15/h3-14,32H,1-2H3,(H,35,36)(H,31,33,34). The quantitative estimate of drug-likeness (QED) is 0.268. The van der Waals surface area contributed by atoms with Gasteiger partial charge < -0.3 is 10.3 Å². The molecule has 0 saturated heterocycles. The van der Waals surface area contributed by atoms with E-state index in [1.807, 2.05) is 26.0 Å². The highest BCUT2D eigenvalue weighted by atomic mass is 19.1. The molecule has 6 aromatic rings. The molecule has 0 aliphatic carbocycles. The fourth-order valence-corrected chi connectivity index (χ4v) is 4.35. The maximum Gasteiger partial charge on any atom is 0.161 e. The first kappa shape index (κ1) is 21.8. The van der Waals surface area contributed by atoms with E-state index in [2.05, 4.69) is 30.5 Å². The van der Waals surface area contributed by atoms with Crippen LogP contribution in [0, 0.1) is 11.6 Å². The first-order valence-electron chi connectivity index (χ1n) is 11.5. The zero-order valence-electron chi connectivity index (χ0n) is 19.5. The van der Waals surface area contributed by atoms with Gasteiger partial charge in [0.15, 0.2) is 11.5 Å². The zero-order chi connectivity index (χ0) is 24.8. The van der Waals surface area contributed by atoms with Crippen LogP contribution in [0.3, 0.4) is 0 Å². The van der Waals surface area contributed by atoms with Gasteiger partial charge in [0, 0.05) is 41.3 Å². The van der Waals surface area contributed by atoms with E-state index in [1.54, 1.807) is 42.9 Å². The van der Waals surface area contributed by atoms with Crippen molar-refractivity contribution < 1.29 is 8.78 Å². The van der Waals surface area contributed by atoms with Crippen molar-refractivity contribution in [3.8, 4) is 33.8 Å². The van der Waals surface area contributed by atoms with E-state index in [0.29, 0.717) is 44.7 Å². The summed E-state index contributed by atoms with van der Waals surface area (Å²) in [6, 6.07) is 13.6. The fourth-order valence-electron chi connectivity index (χ4n) is 4.35. The maximum atomic E-state index is 16.0. The smallest absolute Gasteiger partial charge is 0.161 e. The molecule has 6 rings (SSSR count). The Hall–Kier alpha value is -4.66. The molecule has 0 amide bonds. The number of hydrogen-bond acceptors (Lipinski definition) is 5. The minimum Gasteiger partial charge on any atom is -0.382 e. The monoisotopic (exact) mass is 481 g/mol. The lowest BCUT2D eigenvalue weighted by molar-refractivity contribution is 0.628. The van der Waals surface area contributed by atoms with Crippen LogP contribution >= 0.6 is 0 Å². The average molecular weight is 482 g/mol. The number of benzene rings is 2. The zero-order valence-corrected chi connectivity index (χ0v) is 19.5. The Bertz CT molecular complexity index is 1720. The second-order valence-electron chi connectivity index (χ2n) is 8.83. The molecule has 36 heavy (non-hydrogen) atoms. The summed E-state index contributed by atoms with van der Waals surface area (Å²) in [6.45, 7) is 4.06. The fraction of sp³-hybridized carbons (Fsp3) is 0.111. The van der Waals surface area contributed by atoms with Crippen LogP contribution in [0.25, 0.3) is 55.8 Å². The van der Waals surface area contributed by atoms with Crippen molar-refractivity contribution in [3.63, 3.8) is 0 Å². The molecule has 178 valence electrons. The predicted octanol–water partition coefficient (Wildman–Crippen LogP) is 6.33.